The van der Waals surface area contributed by atoms with Gasteiger partial charge in [-0.15, -0.1) is 0 Å². The summed E-state index contributed by atoms with van der Waals surface area (Å²) in [5.41, 5.74) is 5.98. The van der Waals surface area contributed by atoms with E-state index in [2.05, 4.69) is 15.4 Å². The van der Waals surface area contributed by atoms with Crippen molar-refractivity contribution in [3.8, 4) is 22.5 Å². The van der Waals surface area contributed by atoms with Crippen molar-refractivity contribution >= 4 is 17.2 Å². The van der Waals surface area contributed by atoms with Crippen LogP contribution >= 0.6 is 0 Å². The van der Waals surface area contributed by atoms with Gasteiger partial charge in [0.25, 0.3) is 5.91 Å². The molecule has 5 rings (SSSR count). The summed E-state index contributed by atoms with van der Waals surface area (Å²) in [6.07, 6.45) is 3.91. The van der Waals surface area contributed by atoms with E-state index in [-0.39, 0.29) is 11.7 Å². The number of halogens is 1. The molecule has 3 aromatic heterocycles. The highest BCUT2D eigenvalue weighted by Gasteiger charge is 2.16. The van der Waals surface area contributed by atoms with Gasteiger partial charge in [0.05, 0.1) is 11.4 Å². The van der Waals surface area contributed by atoms with Crippen molar-refractivity contribution in [3.63, 3.8) is 0 Å². The normalized spacial score (nSPS) is 11.1. The molecule has 0 unspecified atom stereocenters. The first kappa shape index (κ1) is 19.7. The third kappa shape index (κ3) is 3.65. The first-order valence-electron chi connectivity index (χ1n) is 10.1. The molecule has 1 N–H and O–H groups in total. The molecule has 0 saturated carbocycles. The number of hydrogen-bond acceptors (Lipinski definition) is 3. The predicted octanol–water partition coefficient (Wildman–Crippen LogP) is 5.10. The summed E-state index contributed by atoms with van der Waals surface area (Å²) in [4.78, 5) is 17.7. The molecule has 0 bridgehead atoms. The van der Waals surface area contributed by atoms with Crippen molar-refractivity contribution in [2.75, 3.05) is 5.32 Å². The number of anilines is 1. The molecule has 32 heavy (non-hydrogen) atoms. The van der Waals surface area contributed by atoms with Crippen molar-refractivity contribution in [3.05, 3.63) is 96.2 Å². The molecule has 0 radical (unpaired) electrons. The Morgan fingerprint density at radius 1 is 0.969 bits per heavy atom. The number of aromatic nitrogens is 4. The van der Waals surface area contributed by atoms with Crippen molar-refractivity contribution in [1.82, 2.24) is 19.2 Å². The third-order valence-corrected chi connectivity index (χ3v) is 5.40. The number of pyridine rings is 1. The monoisotopic (exact) mass is 425 g/mol. The minimum atomic E-state index is -0.316. The number of nitrogens with one attached hydrogen (secondary N) is 1. The highest BCUT2D eigenvalue weighted by atomic mass is 19.1. The van der Waals surface area contributed by atoms with Crippen LogP contribution in [0.3, 0.4) is 0 Å². The Kier molecular flexibility index (Phi) is 4.78. The minimum absolute atomic E-state index is 0.274. The van der Waals surface area contributed by atoms with Gasteiger partial charge in [-0.25, -0.2) is 9.37 Å². The second-order valence-corrected chi connectivity index (χ2v) is 7.62. The maximum Gasteiger partial charge on any atom is 0.273 e. The molecular weight excluding hydrogens is 405 g/mol. The molecule has 158 valence electrons. The number of rotatable bonds is 4. The number of nitrogens with zero attached hydrogens (tertiary/aromatic N) is 4. The van der Waals surface area contributed by atoms with Gasteiger partial charge >= 0.3 is 0 Å². The van der Waals surface area contributed by atoms with Gasteiger partial charge in [0, 0.05) is 36.3 Å². The first-order valence-corrected chi connectivity index (χ1v) is 10.1. The number of benzene rings is 2. The number of imidazole rings is 1. The maximum absolute atomic E-state index is 13.2. The fourth-order valence-electron chi connectivity index (χ4n) is 3.62. The van der Waals surface area contributed by atoms with Crippen LogP contribution in [0.25, 0.3) is 28.2 Å². The van der Waals surface area contributed by atoms with Gasteiger partial charge in [0.15, 0.2) is 0 Å². The zero-order valence-corrected chi connectivity index (χ0v) is 17.6. The predicted molar refractivity (Wildman–Crippen MR) is 122 cm³/mol. The van der Waals surface area contributed by atoms with Crippen LogP contribution in [0.4, 0.5) is 10.1 Å². The van der Waals surface area contributed by atoms with E-state index in [0.29, 0.717) is 17.1 Å². The Hall–Kier alpha value is -4.26. The molecule has 5 aromatic rings. The fraction of sp³-hybridized carbons (Fsp3) is 0.0800. The van der Waals surface area contributed by atoms with Crippen molar-refractivity contribution in [2.45, 2.75) is 6.92 Å². The van der Waals surface area contributed by atoms with E-state index in [9.17, 15) is 9.18 Å². The summed E-state index contributed by atoms with van der Waals surface area (Å²) in [5, 5.41) is 7.40. The van der Waals surface area contributed by atoms with Crippen LogP contribution in [-0.2, 0) is 7.05 Å². The number of carbonyl (C=O) groups is 1. The Bertz CT molecular complexity index is 1420. The van der Waals surface area contributed by atoms with Crippen LogP contribution in [0.5, 0.6) is 0 Å². The van der Waals surface area contributed by atoms with Crippen LogP contribution in [-0.4, -0.2) is 25.1 Å². The van der Waals surface area contributed by atoms with Crippen molar-refractivity contribution < 1.29 is 9.18 Å². The van der Waals surface area contributed by atoms with Gasteiger partial charge in [-0.1, -0.05) is 18.2 Å². The zero-order chi connectivity index (χ0) is 22.2. The van der Waals surface area contributed by atoms with E-state index in [1.165, 1.54) is 16.8 Å². The number of hydrogen-bond donors (Lipinski definition) is 1. The van der Waals surface area contributed by atoms with Crippen LogP contribution < -0.4 is 5.32 Å². The Morgan fingerprint density at radius 2 is 1.75 bits per heavy atom. The Labute approximate surface area is 184 Å². The lowest BCUT2D eigenvalue weighted by atomic mass is 10.1. The average Bonchev–Trinajstić information content (AvgIpc) is 3.39. The van der Waals surface area contributed by atoms with Gasteiger partial charge in [0.1, 0.15) is 17.2 Å². The van der Waals surface area contributed by atoms with Crippen molar-refractivity contribution in [2.24, 2.45) is 7.05 Å². The second-order valence-electron chi connectivity index (χ2n) is 7.62. The fourth-order valence-corrected chi connectivity index (χ4v) is 3.62. The number of aryl methyl sites for hydroxylation is 2. The lowest BCUT2D eigenvalue weighted by molar-refractivity contribution is 0.101. The molecule has 7 heteroatoms. The summed E-state index contributed by atoms with van der Waals surface area (Å²) >= 11 is 0. The highest BCUT2D eigenvalue weighted by molar-refractivity contribution is 6.04. The average molecular weight is 425 g/mol. The molecule has 0 saturated heterocycles. The molecule has 0 fully saturated rings. The molecule has 0 spiro atoms. The highest BCUT2D eigenvalue weighted by Crippen LogP contribution is 2.26. The first-order chi connectivity index (χ1) is 15.5. The lowest BCUT2D eigenvalue weighted by Crippen LogP contribution is -2.16. The maximum atomic E-state index is 13.2. The van der Waals surface area contributed by atoms with Gasteiger partial charge in [0.2, 0.25) is 0 Å². The van der Waals surface area contributed by atoms with E-state index in [0.717, 1.165) is 28.0 Å². The molecule has 0 aliphatic rings. The lowest BCUT2D eigenvalue weighted by Gasteiger charge is -2.10. The molecule has 0 atom stereocenters. The smallest absolute Gasteiger partial charge is 0.273 e. The minimum Gasteiger partial charge on any atom is -0.320 e. The van der Waals surface area contributed by atoms with E-state index in [1.54, 1.807) is 25.2 Å². The molecule has 0 aliphatic heterocycles. The second kappa shape index (κ2) is 7.77. The van der Waals surface area contributed by atoms with Gasteiger partial charge in [-0.2, -0.15) is 5.10 Å². The van der Waals surface area contributed by atoms with Crippen LogP contribution in [0, 0.1) is 12.7 Å². The van der Waals surface area contributed by atoms with Gasteiger partial charge in [-0.05, 0) is 61.0 Å². The van der Waals surface area contributed by atoms with Crippen LogP contribution in [0.15, 0.2) is 79.1 Å². The molecular formula is C25H20FN5O. The van der Waals surface area contributed by atoms with E-state index >= 15 is 0 Å². The number of amides is 1. The van der Waals surface area contributed by atoms with Gasteiger partial charge < -0.3 is 9.72 Å². The van der Waals surface area contributed by atoms with Crippen LogP contribution in [0.1, 0.15) is 16.1 Å². The molecule has 1 amide bonds. The topological polar surface area (TPSA) is 64.2 Å². The summed E-state index contributed by atoms with van der Waals surface area (Å²) in [6, 6.07) is 19.4. The quantitative estimate of drug-likeness (QED) is 0.436. The molecule has 2 aromatic carbocycles. The van der Waals surface area contributed by atoms with Crippen molar-refractivity contribution in [1.29, 1.82) is 0 Å². The Morgan fingerprint density at radius 3 is 2.53 bits per heavy atom. The van der Waals surface area contributed by atoms with Crippen LogP contribution in [0.2, 0.25) is 0 Å². The standard InChI is InChI=1S/C25H20FN5O/c1-16-6-7-18(22-15-31-12-4-3-5-24(31)27-22)13-20(16)28-25(32)23-14-21(29-30(23)2)17-8-10-19(26)11-9-17/h3-15H,1-2H3,(H,28,32). The van der Waals surface area contributed by atoms with E-state index < -0.39 is 0 Å². The summed E-state index contributed by atoms with van der Waals surface area (Å²) in [6.45, 7) is 1.94. The SMILES string of the molecule is Cc1ccc(-c2cn3ccccc3n2)cc1NC(=O)c1cc(-c2ccc(F)cc2)nn1C. The summed E-state index contributed by atoms with van der Waals surface area (Å²) < 4.78 is 16.7. The number of carbonyl (C=O) groups excluding carboxylic acids is 1. The largest absolute Gasteiger partial charge is 0.320 e. The Balaban J connectivity index is 1.43. The van der Waals surface area contributed by atoms with E-state index in [1.807, 2.05) is 60.1 Å². The molecule has 0 aliphatic carbocycles. The van der Waals surface area contributed by atoms with E-state index in [4.69, 9.17) is 0 Å². The molecule has 6 nitrogen and oxygen atoms in total. The zero-order valence-electron chi connectivity index (χ0n) is 17.6. The number of fused-ring (bicyclic) bond motifs is 1. The van der Waals surface area contributed by atoms with Gasteiger partial charge in [-0.3, -0.25) is 9.48 Å². The summed E-state index contributed by atoms with van der Waals surface area (Å²) in [7, 11) is 1.71. The molecule has 3 heterocycles. The summed E-state index contributed by atoms with van der Waals surface area (Å²) in [5.74, 6) is -0.591. The third-order valence-electron chi connectivity index (χ3n) is 5.40.